The number of para-hydroxylation sites is 2. The molecule has 2 aromatic carbocycles. The van der Waals surface area contributed by atoms with Crippen LogP contribution in [0.1, 0.15) is 31.7 Å². The van der Waals surface area contributed by atoms with Gasteiger partial charge in [0.2, 0.25) is 0 Å². The maximum Gasteiger partial charge on any atom is 0.150 e. The molecule has 1 heterocycles. The van der Waals surface area contributed by atoms with E-state index in [9.17, 15) is 0 Å². The Morgan fingerprint density at radius 3 is 2.68 bits per heavy atom. The van der Waals surface area contributed by atoms with Crippen molar-refractivity contribution in [1.82, 2.24) is 0 Å². The van der Waals surface area contributed by atoms with Gasteiger partial charge in [0, 0.05) is 0 Å². The van der Waals surface area contributed by atoms with E-state index < -0.39 is 0 Å². The molecule has 0 aromatic heterocycles. The summed E-state index contributed by atoms with van der Waals surface area (Å²) < 4.78 is 5.90. The molecule has 2 nitrogen and oxygen atoms in total. The molecule has 1 aliphatic rings. The topological polar surface area (TPSA) is 21.3 Å². The van der Waals surface area contributed by atoms with Crippen molar-refractivity contribution in [3.8, 4) is 11.5 Å². The predicted octanol–water partition coefficient (Wildman–Crippen LogP) is 5.27. The summed E-state index contributed by atoms with van der Waals surface area (Å²) in [5.74, 6) is 1.81. The summed E-state index contributed by atoms with van der Waals surface area (Å²) in [7, 11) is 0. The van der Waals surface area contributed by atoms with E-state index in [1.807, 2.05) is 24.3 Å². The lowest BCUT2D eigenvalue weighted by atomic mass is 10.1. The van der Waals surface area contributed by atoms with Crippen molar-refractivity contribution in [2.45, 2.75) is 32.6 Å². The molecule has 0 fully saturated rings. The fraction of sp³-hybridized carbons (Fsp3) is 0.294. The first-order valence-corrected chi connectivity index (χ1v) is 7.03. The van der Waals surface area contributed by atoms with Crippen LogP contribution >= 0.6 is 0 Å². The highest BCUT2D eigenvalue weighted by Gasteiger charge is 2.15. The largest absolute Gasteiger partial charge is 0.453 e. The van der Waals surface area contributed by atoms with E-state index in [0.717, 1.165) is 29.3 Å². The molecule has 0 radical (unpaired) electrons. The molecule has 19 heavy (non-hydrogen) atoms. The van der Waals surface area contributed by atoms with Crippen LogP contribution in [0.2, 0.25) is 0 Å². The van der Waals surface area contributed by atoms with Crippen LogP contribution in [0.25, 0.3) is 0 Å². The Bertz CT molecular complexity index is 577. The Labute approximate surface area is 114 Å². The van der Waals surface area contributed by atoms with Crippen LogP contribution in [0.15, 0.2) is 42.5 Å². The van der Waals surface area contributed by atoms with Crippen LogP contribution in [0, 0.1) is 0 Å². The minimum absolute atomic E-state index is 0.897. The summed E-state index contributed by atoms with van der Waals surface area (Å²) in [6.07, 6.45) is 4.96. The zero-order valence-corrected chi connectivity index (χ0v) is 11.3. The Kier molecular flexibility index (Phi) is 3.41. The summed E-state index contributed by atoms with van der Waals surface area (Å²) in [5, 5.41) is 3.45. The van der Waals surface area contributed by atoms with Crippen molar-refractivity contribution in [2.24, 2.45) is 0 Å². The van der Waals surface area contributed by atoms with E-state index >= 15 is 0 Å². The van der Waals surface area contributed by atoms with Gasteiger partial charge in [0.1, 0.15) is 0 Å². The quantitative estimate of drug-likeness (QED) is 0.640. The number of aryl methyl sites for hydroxylation is 1. The standard InChI is InChI=1S/C17H19NO/c1-2-3-4-7-13-10-11-17-15(12-13)18-14-8-5-6-9-16(14)19-17/h5-6,8-12,18H,2-4,7H2,1H3. The van der Waals surface area contributed by atoms with E-state index in [-0.39, 0.29) is 0 Å². The molecule has 3 rings (SSSR count). The second-order valence-electron chi connectivity index (χ2n) is 5.01. The average Bonchev–Trinajstić information content (AvgIpc) is 2.45. The molecule has 1 aliphatic heterocycles. The number of unbranched alkanes of at least 4 members (excludes halogenated alkanes) is 2. The fourth-order valence-electron chi connectivity index (χ4n) is 2.42. The molecule has 1 N–H and O–H groups in total. The van der Waals surface area contributed by atoms with Crippen LogP contribution < -0.4 is 10.1 Å². The molecule has 0 bridgehead atoms. The van der Waals surface area contributed by atoms with Gasteiger partial charge in [0.05, 0.1) is 11.4 Å². The minimum Gasteiger partial charge on any atom is -0.453 e. The number of benzene rings is 2. The zero-order valence-electron chi connectivity index (χ0n) is 11.3. The molecular weight excluding hydrogens is 234 g/mol. The Balaban J connectivity index is 1.80. The second kappa shape index (κ2) is 5.35. The van der Waals surface area contributed by atoms with E-state index in [1.54, 1.807) is 0 Å². The van der Waals surface area contributed by atoms with Gasteiger partial charge in [-0.25, -0.2) is 0 Å². The summed E-state index contributed by atoms with van der Waals surface area (Å²) >= 11 is 0. The predicted molar refractivity (Wildman–Crippen MR) is 79.5 cm³/mol. The maximum atomic E-state index is 5.90. The van der Waals surface area contributed by atoms with Crippen LogP contribution in [0.5, 0.6) is 11.5 Å². The van der Waals surface area contributed by atoms with Crippen LogP contribution in [-0.2, 0) is 6.42 Å². The molecule has 0 unspecified atom stereocenters. The number of hydrogen-bond donors (Lipinski definition) is 1. The Morgan fingerprint density at radius 1 is 0.947 bits per heavy atom. The van der Waals surface area contributed by atoms with E-state index in [2.05, 4.69) is 30.4 Å². The van der Waals surface area contributed by atoms with E-state index in [1.165, 1.54) is 24.8 Å². The number of anilines is 2. The summed E-state index contributed by atoms with van der Waals surface area (Å²) in [6.45, 7) is 2.24. The molecular formula is C17H19NO. The SMILES string of the molecule is CCCCCc1ccc2c(c1)Nc1ccccc1O2. The lowest BCUT2D eigenvalue weighted by Crippen LogP contribution is -2.03. The van der Waals surface area contributed by atoms with Crippen LogP contribution in [0.3, 0.4) is 0 Å². The van der Waals surface area contributed by atoms with Gasteiger partial charge in [-0.15, -0.1) is 0 Å². The maximum absolute atomic E-state index is 5.90. The van der Waals surface area contributed by atoms with Crippen LogP contribution in [0.4, 0.5) is 11.4 Å². The third-order valence-electron chi connectivity index (χ3n) is 3.49. The smallest absolute Gasteiger partial charge is 0.150 e. The molecule has 0 atom stereocenters. The Hall–Kier alpha value is -1.96. The minimum atomic E-state index is 0.897. The van der Waals surface area contributed by atoms with Crippen molar-refractivity contribution >= 4 is 11.4 Å². The lowest BCUT2D eigenvalue weighted by molar-refractivity contribution is 0.481. The molecule has 98 valence electrons. The first-order valence-electron chi connectivity index (χ1n) is 7.03. The summed E-state index contributed by atoms with van der Waals surface area (Å²) in [6, 6.07) is 14.5. The fourth-order valence-corrected chi connectivity index (χ4v) is 2.42. The van der Waals surface area contributed by atoms with E-state index in [4.69, 9.17) is 4.74 Å². The third kappa shape index (κ3) is 2.58. The van der Waals surface area contributed by atoms with Crippen molar-refractivity contribution < 1.29 is 4.74 Å². The van der Waals surface area contributed by atoms with Gasteiger partial charge < -0.3 is 10.1 Å². The molecule has 2 aromatic rings. The normalized spacial score (nSPS) is 12.1. The van der Waals surface area contributed by atoms with Gasteiger partial charge in [-0.1, -0.05) is 38.0 Å². The van der Waals surface area contributed by atoms with Crippen molar-refractivity contribution in [1.29, 1.82) is 0 Å². The molecule has 2 heteroatoms. The number of ether oxygens (including phenoxy) is 1. The zero-order chi connectivity index (χ0) is 13.1. The van der Waals surface area contributed by atoms with Gasteiger partial charge in [0.15, 0.2) is 11.5 Å². The first kappa shape index (κ1) is 12.1. The van der Waals surface area contributed by atoms with Crippen molar-refractivity contribution in [3.63, 3.8) is 0 Å². The highest BCUT2D eigenvalue weighted by Crippen LogP contribution is 2.41. The summed E-state index contributed by atoms with van der Waals surface area (Å²) in [4.78, 5) is 0. The van der Waals surface area contributed by atoms with Gasteiger partial charge in [-0.3, -0.25) is 0 Å². The average molecular weight is 253 g/mol. The number of nitrogens with one attached hydrogen (secondary N) is 1. The van der Waals surface area contributed by atoms with Gasteiger partial charge in [0.25, 0.3) is 0 Å². The third-order valence-corrected chi connectivity index (χ3v) is 3.49. The highest BCUT2D eigenvalue weighted by molar-refractivity contribution is 5.75. The monoisotopic (exact) mass is 253 g/mol. The first-order chi connectivity index (χ1) is 9.36. The number of hydrogen-bond acceptors (Lipinski definition) is 2. The molecule has 0 spiro atoms. The summed E-state index contributed by atoms with van der Waals surface area (Å²) in [5.41, 5.74) is 3.50. The van der Waals surface area contributed by atoms with Crippen molar-refractivity contribution in [2.75, 3.05) is 5.32 Å². The van der Waals surface area contributed by atoms with Crippen LogP contribution in [-0.4, -0.2) is 0 Å². The van der Waals surface area contributed by atoms with E-state index in [0.29, 0.717) is 0 Å². The molecule has 0 saturated heterocycles. The molecule has 0 amide bonds. The van der Waals surface area contributed by atoms with Gasteiger partial charge >= 0.3 is 0 Å². The highest BCUT2D eigenvalue weighted by atomic mass is 16.5. The number of fused-ring (bicyclic) bond motifs is 2. The van der Waals surface area contributed by atoms with Gasteiger partial charge in [-0.2, -0.15) is 0 Å². The van der Waals surface area contributed by atoms with Gasteiger partial charge in [-0.05, 0) is 42.7 Å². The lowest BCUT2D eigenvalue weighted by Gasteiger charge is -2.22. The second-order valence-corrected chi connectivity index (χ2v) is 5.01. The number of rotatable bonds is 4. The molecule has 0 aliphatic carbocycles. The van der Waals surface area contributed by atoms with Crippen molar-refractivity contribution in [3.05, 3.63) is 48.0 Å². The Morgan fingerprint density at radius 2 is 1.79 bits per heavy atom. The molecule has 0 saturated carbocycles.